The predicted molar refractivity (Wildman–Crippen MR) is 58.6 cm³/mol. The number of aromatic nitrogens is 1. The zero-order valence-electron chi connectivity index (χ0n) is 7.63. The van der Waals surface area contributed by atoms with Crippen molar-refractivity contribution in [2.24, 2.45) is 11.7 Å². The van der Waals surface area contributed by atoms with E-state index in [4.69, 9.17) is 5.73 Å². The van der Waals surface area contributed by atoms with E-state index in [9.17, 15) is 0 Å². The summed E-state index contributed by atoms with van der Waals surface area (Å²) in [7, 11) is 0. The van der Waals surface area contributed by atoms with Crippen molar-refractivity contribution in [3.63, 3.8) is 0 Å². The Kier molecular flexibility index (Phi) is 4.18. The third-order valence-corrected chi connectivity index (χ3v) is 2.25. The van der Waals surface area contributed by atoms with Crippen molar-refractivity contribution < 1.29 is 0 Å². The minimum Gasteiger partial charge on any atom is -0.383 e. The second-order valence-corrected chi connectivity index (χ2v) is 3.90. The van der Waals surface area contributed by atoms with Crippen LogP contribution in [0.25, 0.3) is 0 Å². The van der Waals surface area contributed by atoms with E-state index >= 15 is 0 Å². The van der Waals surface area contributed by atoms with E-state index in [1.165, 1.54) is 0 Å². The quantitative estimate of drug-likeness (QED) is 0.794. The molecule has 0 aliphatic heterocycles. The van der Waals surface area contributed by atoms with Gasteiger partial charge in [0.05, 0.1) is 11.9 Å². The van der Waals surface area contributed by atoms with E-state index in [0.29, 0.717) is 12.5 Å². The van der Waals surface area contributed by atoms with Gasteiger partial charge in [0.2, 0.25) is 0 Å². The summed E-state index contributed by atoms with van der Waals surface area (Å²) in [5.74, 6) is 0.489. The highest BCUT2D eigenvalue weighted by atomic mass is 79.9. The molecule has 0 spiro atoms. The summed E-state index contributed by atoms with van der Waals surface area (Å²) in [6.07, 6.45) is 1.80. The largest absolute Gasteiger partial charge is 0.383 e. The van der Waals surface area contributed by atoms with Crippen LogP contribution in [-0.2, 0) is 0 Å². The standard InChI is InChI=1S/C9H14BrN3/c1-7(4-11)5-12-8-2-3-9(10)13-6-8/h2-3,6-7,12H,4-5,11H2,1H3. The number of rotatable bonds is 4. The second-order valence-electron chi connectivity index (χ2n) is 3.09. The molecule has 0 bridgehead atoms. The van der Waals surface area contributed by atoms with Gasteiger partial charge >= 0.3 is 0 Å². The van der Waals surface area contributed by atoms with Crippen molar-refractivity contribution in [1.29, 1.82) is 0 Å². The molecule has 0 aromatic carbocycles. The Morgan fingerprint density at radius 3 is 2.92 bits per heavy atom. The van der Waals surface area contributed by atoms with E-state index in [0.717, 1.165) is 16.8 Å². The maximum Gasteiger partial charge on any atom is 0.106 e. The van der Waals surface area contributed by atoms with Crippen molar-refractivity contribution in [2.75, 3.05) is 18.4 Å². The van der Waals surface area contributed by atoms with Gasteiger partial charge in [0.15, 0.2) is 0 Å². The molecule has 1 heterocycles. The average molecular weight is 244 g/mol. The lowest BCUT2D eigenvalue weighted by Crippen LogP contribution is -2.19. The van der Waals surface area contributed by atoms with Crippen LogP contribution in [0.5, 0.6) is 0 Å². The van der Waals surface area contributed by atoms with Crippen molar-refractivity contribution >= 4 is 21.6 Å². The Bertz CT molecular complexity index is 248. The molecule has 0 fully saturated rings. The summed E-state index contributed by atoms with van der Waals surface area (Å²) >= 11 is 3.28. The molecule has 0 saturated carbocycles. The summed E-state index contributed by atoms with van der Waals surface area (Å²) in [5, 5.41) is 3.26. The van der Waals surface area contributed by atoms with Crippen molar-refractivity contribution in [2.45, 2.75) is 6.92 Å². The van der Waals surface area contributed by atoms with Crippen LogP contribution in [0.15, 0.2) is 22.9 Å². The maximum absolute atomic E-state index is 5.50. The highest BCUT2D eigenvalue weighted by Crippen LogP contribution is 2.10. The van der Waals surface area contributed by atoms with Gasteiger partial charge in [0.25, 0.3) is 0 Å². The normalized spacial score (nSPS) is 12.5. The van der Waals surface area contributed by atoms with Crippen molar-refractivity contribution in [3.8, 4) is 0 Å². The molecular weight excluding hydrogens is 230 g/mol. The first-order valence-electron chi connectivity index (χ1n) is 4.28. The average Bonchev–Trinajstić information content (AvgIpc) is 2.16. The molecule has 1 aromatic rings. The predicted octanol–water partition coefficient (Wildman–Crippen LogP) is 1.85. The van der Waals surface area contributed by atoms with Gasteiger partial charge in [-0.1, -0.05) is 6.92 Å². The van der Waals surface area contributed by atoms with Crippen LogP contribution in [0, 0.1) is 5.92 Å². The fourth-order valence-corrected chi connectivity index (χ4v) is 1.09. The monoisotopic (exact) mass is 243 g/mol. The van der Waals surface area contributed by atoms with Crippen LogP contribution in [0.4, 0.5) is 5.69 Å². The lowest BCUT2D eigenvalue weighted by molar-refractivity contribution is 0.628. The lowest BCUT2D eigenvalue weighted by Gasteiger charge is -2.10. The van der Waals surface area contributed by atoms with Gasteiger partial charge in [-0.05, 0) is 40.5 Å². The minimum absolute atomic E-state index is 0.489. The molecule has 13 heavy (non-hydrogen) atoms. The van der Waals surface area contributed by atoms with E-state index in [-0.39, 0.29) is 0 Å². The highest BCUT2D eigenvalue weighted by molar-refractivity contribution is 9.10. The Labute approximate surface area is 86.9 Å². The van der Waals surface area contributed by atoms with Gasteiger partial charge in [-0.25, -0.2) is 4.98 Å². The molecule has 72 valence electrons. The summed E-state index contributed by atoms with van der Waals surface area (Å²) in [4.78, 5) is 4.11. The molecule has 3 N–H and O–H groups in total. The number of nitrogens with one attached hydrogen (secondary N) is 1. The number of nitrogens with two attached hydrogens (primary N) is 1. The molecular formula is C9H14BrN3. The van der Waals surface area contributed by atoms with Gasteiger partial charge in [-0.15, -0.1) is 0 Å². The third kappa shape index (κ3) is 3.74. The zero-order chi connectivity index (χ0) is 9.68. The molecule has 0 aliphatic rings. The number of nitrogens with zero attached hydrogens (tertiary/aromatic N) is 1. The molecule has 3 nitrogen and oxygen atoms in total. The SMILES string of the molecule is CC(CN)CNc1ccc(Br)nc1. The van der Waals surface area contributed by atoms with Crippen LogP contribution < -0.4 is 11.1 Å². The van der Waals surface area contributed by atoms with Crippen LogP contribution in [0.3, 0.4) is 0 Å². The molecule has 1 aromatic heterocycles. The second kappa shape index (κ2) is 5.19. The number of hydrogen-bond donors (Lipinski definition) is 2. The Hall–Kier alpha value is -0.610. The molecule has 1 atom stereocenters. The highest BCUT2D eigenvalue weighted by Gasteiger charge is 1.98. The first-order valence-corrected chi connectivity index (χ1v) is 5.07. The van der Waals surface area contributed by atoms with Crippen molar-refractivity contribution in [3.05, 3.63) is 22.9 Å². The van der Waals surface area contributed by atoms with E-state index in [1.54, 1.807) is 6.20 Å². The number of hydrogen-bond acceptors (Lipinski definition) is 3. The Morgan fingerprint density at radius 2 is 2.38 bits per heavy atom. The molecule has 1 unspecified atom stereocenters. The summed E-state index contributed by atoms with van der Waals surface area (Å²) in [6, 6.07) is 3.90. The fourth-order valence-electron chi connectivity index (χ4n) is 0.856. The van der Waals surface area contributed by atoms with Gasteiger partial charge in [-0.2, -0.15) is 0 Å². The molecule has 0 aliphatic carbocycles. The van der Waals surface area contributed by atoms with E-state index in [2.05, 4.69) is 33.2 Å². The first-order chi connectivity index (χ1) is 6.22. The summed E-state index contributed by atoms with van der Waals surface area (Å²) in [6.45, 7) is 3.70. The lowest BCUT2D eigenvalue weighted by atomic mass is 10.2. The van der Waals surface area contributed by atoms with Crippen LogP contribution in [-0.4, -0.2) is 18.1 Å². The number of pyridine rings is 1. The van der Waals surface area contributed by atoms with Gasteiger partial charge in [0.1, 0.15) is 4.60 Å². The molecule has 4 heteroatoms. The zero-order valence-corrected chi connectivity index (χ0v) is 9.21. The van der Waals surface area contributed by atoms with E-state index in [1.807, 2.05) is 12.1 Å². The molecule has 0 amide bonds. The summed E-state index contributed by atoms with van der Waals surface area (Å²) in [5.41, 5.74) is 6.53. The molecule has 0 radical (unpaired) electrons. The smallest absolute Gasteiger partial charge is 0.106 e. The van der Waals surface area contributed by atoms with Crippen LogP contribution >= 0.6 is 15.9 Å². The maximum atomic E-state index is 5.50. The van der Waals surface area contributed by atoms with Crippen LogP contribution in [0.1, 0.15) is 6.92 Å². The van der Waals surface area contributed by atoms with E-state index < -0.39 is 0 Å². The van der Waals surface area contributed by atoms with Crippen LogP contribution in [0.2, 0.25) is 0 Å². The van der Waals surface area contributed by atoms with Gasteiger partial charge in [-0.3, -0.25) is 0 Å². The third-order valence-electron chi connectivity index (χ3n) is 1.78. The first kappa shape index (κ1) is 10.5. The van der Waals surface area contributed by atoms with Crippen molar-refractivity contribution in [1.82, 2.24) is 4.98 Å². The fraction of sp³-hybridized carbons (Fsp3) is 0.444. The molecule has 0 saturated heterocycles. The molecule has 1 rings (SSSR count). The van der Waals surface area contributed by atoms with Gasteiger partial charge < -0.3 is 11.1 Å². The summed E-state index contributed by atoms with van der Waals surface area (Å²) < 4.78 is 0.852. The minimum atomic E-state index is 0.489. The number of anilines is 1. The number of halogens is 1. The topological polar surface area (TPSA) is 50.9 Å². The van der Waals surface area contributed by atoms with Gasteiger partial charge in [0, 0.05) is 6.54 Å². The Morgan fingerprint density at radius 1 is 1.62 bits per heavy atom. The Balaban J connectivity index is 2.41.